The maximum Gasteiger partial charge on any atom is 0.322 e. The predicted molar refractivity (Wildman–Crippen MR) is 123 cm³/mol. The van der Waals surface area contributed by atoms with E-state index in [9.17, 15) is 4.79 Å². The molecular formula is C24H29N3O5. The molecule has 0 saturated heterocycles. The van der Waals surface area contributed by atoms with Crippen LogP contribution >= 0.6 is 0 Å². The van der Waals surface area contributed by atoms with Gasteiger partial charge < -0.3 is 33.7 Å². The van der Waals surface area contributed by atoms with Crippen molar-refractivity contribution in [1.29, 1.82) is 0 Å². The molecule has 2 amide bonds. The number of hydrogen-bond acceptors (Lipinski definition) is 5. The summed E-state index contributed by atoms with van der Waals surface area (Å²) in [6, 6.07) is 9.55. The van der Waals surface area contributed by atoms with Crippen molar-refractivity contribution in [3.8, 4) is 17.2 Å². The Morgan fingerprint density at radius 2 is 1.78 bits per heavy atom. The van der Waals surface area contributed by atoms with Crippen LogP contribution in [0.25, 0.3) is 10.9 Å². The molecule has 1 aromatic heterocycles. The molecule has 0 radical (unpaired) electrons. The van der Waals surface area contributed by atoms with E-state index in [2.05, 4.69) is 28.2 Å². The Morgan fingerprint density at radius 1 is 1.03 bits per heavy atom. The molecule has 0 unspecified atom stereocenters. The highest BCUT2D eigenvalue weighted by Crippen LogP contribution is 2.40. The van der Waals surface area contributed by atoms with Crippen LogP contribution in [0.3, 0.4) is 0 Å². The number of anilines is 1. The maximum atomic E-state index is 13.2. The fourth-order valence-electron chi connectivity index (χ4n) is 4.28. The smallest absolute Gasteiger partial charge is 0.322 e. The van der Waals surface area contributed by atoms with Crippen molar-refractivity contribution in [1.82, 2.24) is 9.47 Å². The van der Waals surface area contributed by atoms with Crippen molar-refractivity contribution >= 4 is 22.6 Å². The first-order valence-electron chi connectivity index (χ1n) is 10.5. The molecular weight excluding hydrogens is 410 g/mol. The predicted octanol–water partition coefficient (Wildman–Crippen LogP) is 3.90. The van der Waals surface area contributed by atoms with Gasteiger partial charge in [0.05, 0.1) is 33.6 Å². The van der Waals surface area contributed by atoms with Crippen LogP contribution in [0.5, 0.6) is 17.2 Å². The molecule has 0 aliphatic carbocycles. The Balaban J connectivity index is 1.57. The lowest BCUT2D eigenvalue weighted by atomic mass is 10.1. The monoisotopic (exact) mass is 439 g/mol. The van der Waals surface area contributed by atoms with E-state index in [1.807, 2.05) is 11.0 Å². The lowest BCUT2D eigenvalue weighted by Crippen LogP contribution is -2.35. The number of aromatic nitrogens is 1. The second-order valence-electron chi connectivity index (χ2n) is 7.67. The van der Waals surface area contributed by atoms with Gasteiger partial charge in [0.15, 0.2) is 11.5 Å². The topological polar surface area (TPSA) is 74.2 Å². The molecule has 0 atom stereocenters. The first kappa shape index (κ1) is 21.8. The third-order valence-electron chi connectivity index (χ3n) is 5.82. The lowest BCUT2D eigenvalue weighted by Gasteiger charge is -2.22. The van der Waals surface area contributed by atoms with Gasteiger partial charge in [-0.05, 0) is 23.6 Å². The second-order valence-corrected chi connectivity index (χ2v) is 7.67. The van der Waals surface area contributed by atoms with Crippen LogP contribution in [-0.2, 0) is 24.2 Å². The molecule has 0 saturated carbocycles. The van der Waals surface area contributed by atoms with Crippen LogP contribution in [0, 0.1) is 0 Å². The van der Waals surface area contributed by atoms with Gasteiger partial charge in [-0.2, -0.15) is 0 Å². The summed E-state index contributed by atoms with van der Waals surface area (Å²) in [5.41, 5.74) is 4.17. The van der Waals surface area contributed by atoms with Crippen LogP contribution in [0.4, 0.5) is 10.5 Å². The number of nitrogens with one attached hydrogen (secondary N) is 1. The van der Waals surface area contributed by atoms with Crippen LogP contribution in [0.2, 0.25) is 0 Å². The van der Waals surface area contributed by atoms with Gasteiger partial charge in [0.25, 0.3) is 0 Å². The van der Waals surface area contributed by atoms with E-state index in [0.29, 0.717) is 42.6 Å². The Kier molecular flexibility index (Phi) is 6.41. The van der Waals surface area contributed by atoms with Crippen LogP contribution in [0.15, 0.2) is 36.5 Å². The minimum atomic E-state index is -0.173. The number of rotatable bonds is 7. The summed E-state index contributed by atoms with van der Waals surface area (Å²) in [6.07, 6.45) is 2.98. The van der Waals surface area contributed by atoms with Crippen LogP contribution in [0.1, 0.15) is 11.1 Å². The van der Waals surface area contributed by atoms with Crippen molar-refractivity contribution in [2.45, 2.75) is 19.5 Å². The molecule has 170 valence electrons. The highest BCUT2D eigenvalue weighted by atomic mass is 16.5. The minimum Gasteiger partial charge on any atom is -0.493 e. The van der Waals surface area contributed by atoms with Gasteiger partial charge in [0.2, 0.25) is 5.75 Å². The molecule has 32 heavy (non-hydrogen) atoms. The van der Waals surface area contributed by atoms with Gasteiger partial charge in [-0.3, -0.25) is 0 Å². The van der Waals surface area contributed by atoms with E-state index in [0.717, 1.165) is 18.5 Å². The molecule has 0 spiro atoms. The number of benzene rings is 2. The average molecular weight is 440 g/mol. The largest absolute Gasteiger partial charge is 0.493 e. The van der Waals surface area contributed by atoms with E-state index < -0.39 is 0 Å². The summed E-state index contributed by atoms with van der Waals surface area (Å²) in [6.45, 7) is 2.63. The number of carbonyl (C=O) groups is 1. The summed E-state index contributed by atoms with van der Waals surface area (Å²) in [5.74, 6) is 1.46. The van der Waals surface area contributed by atoms with Gasteiger partial charge >= 0.3 is 6.03 Å². The summed E-state index contributed by atoms with van der Waals surface area (Å²) in [7, 11) is 6.36. The van der Waals surface area contributed by atoms with Gasteiger partial charge in [-0.1, -0.05) is 12.1 Å². The molecule has 0 bridgehead atoms. The van der Waals surface area contributed by atoms with Gasteiger partial charge in [0, 0.05) is 56.0 Å². The highest BCUT2D eigenvalue weighted by Gasteiger charge is 2.23. The highest BCUT2D eigenvalue weighted by molar-refractivity contribution is 5.92. The summed E-state index contributed by atoms with van der Waals surface area (Å²) in [5, 5.41) is 4.22. The SMILES string of the molecule is COCCn1cc2c3c(cccc31)CN(C(=O)Nc1cc(OC)c(OC)c(OC)c1)CC2. The van der Waals surface area contributed by atoms with Crippen molar-refractivity contribution in [2.75, 3.05) is 46.9 Å². The normalized spacial score (nSPS) is 13.1. The van der Waals surface area contributed by atoms with Crippen molar-refractivity contribution in [3.05, 3.63) is 47.7 Å². The van der Waals surface area contributed by atoms with E-state index in [1.54, 1.807) is 40.6 Å². The van der Waals surface area contributed by atoms with Crippen molar-refractivity contribution < 1.29 is 23.7 Å². The fraction of sp³-hybridized carbons (Fsp3) is 0.375. The molecule has 1 aliphatic rings. The number of carbonyl (C=O) groups excluding carboxylic acids is 1. The third kappa shape index (κ3) is 4.05. The van der Waals surface area contributed by atoms with E-state index >= 15 is 0 Å². The number of ether oxygens (including phenoxy) is 4. The van der Waals surface area contributed by atoms with Gasteiger partial charge in [-0.15, -0.1) is 0 Å². The number of urea groups is 1. The fourth-order valence-corrected chi connectivity index (χ4v) is 4.28. The number of nitrogens with zero attached hydrogens (tertiary/aromatic N) is 2. The zero-order chi connectivity index (χ0) is 22.7. The zero-order valence-corrected chi connectivity index (χ0v) is 18.9. The van der Waals surface area contributed by atoms with Crippen LogP contribution in [-0.4, -0.2) is 57.1 Å². The zero-order valence-electron chi connectivity index (χ0n) is 18.9. The van der Waals surface area contributed by atoms with E-state index in [1.165, 1.54) is 16.5 Å². The summed E-state index contributed by atoms with van der Waals surface area (Å²) < 4.78 is 23.6. The Hall–Kier alpha value is -3.39. The number of hydrogen-bond donors (Lipinski definition) is 1. The van der Waals surface area contributed by atoms with Gasteiger partial charge in [0.1, 0.15) is 0 Å². The number of amides is 2. The molecule has 3 aromatic rings. The lowest BCUT2D eigenvalue weighted by molar-refractivity contribution is 0.188. The molecule has 2 heterocycles. The van der Waals surface area contributed by atoms with Crippen LogP contribution < -0.4 is 19.5 Å². The molecule has 1 N–H and O–H groups in total. The molecule has 8 nitrogen and oxygen atoms in total. The third-order valence-corrected chi connectivity index (χ3v) is 5.82. The molecule has 0 fully saturated rings. The Labute approximate surface area is 187 Å². The Bertz CT molecular complexity index is 1100. The standard InChI is InChI=1S/C24H29N3O5/c1-29-11-10-26-14-17-8-9-27(15-16-6-5-7-19(26)22(16)17)24(28)25-18-12-20(30-2)23(32-4)21(13-18)31-3/h5-7,12-14H,8-11,15H2,1-4H3,(H,25,28). The molecule has 2 aromatic carbocycles. The first-order valence-corrected chi connectivity index (χ1v) is 10.5. The second kappa shape index (κ2) is 9.40. The Morgan fingerprint density at radius 3 is 2.44 bits per heavy atom. The number of methoxy groups -OCH3 is 4. The van der Waals surface area contributed by atoms with E-state index in [4.69, 9.17) is 18.9 Å². The van der Waals surface area contributed by atoms with Crippen molar-refractivity contribution in [3.63, 3.8) is 0 Å². The van der Waals surface area contributed by atoms with Crippen molar-refractivity contribution in [2.24, 2.45) is 0 Å². The van der Waals surface area contributed by atoms with Gasteiger partial charge in [-0.25, -0.2) is 4.79 Å². The summed E-state index contributed by atoms with van der Waals surface area (Å²) >= 11 is 0. The maximum absolute atomic E-state index is 13.2. The average Bonchev–Trinajstić information content (AvgIpc) is 3.06. The van der Waals surface area contributed by atoms with E-state index in [-0.39, 0.29) is 6.03 Å². The quantitative estimate of drug-likeness (QED) is 0.604. The minimum absolute atomic E-state index is 0.173. The molecule has 1 aliphatic heterocycles. The summed E-state index contributed by atoms with van der Waals surface area (Å²) in [4.78, 5) is 15.0. The molecule has 8 heteroatoms. The molecule has 4 rings (SSSR count). The first-order chi connectivity index (χ1) is 15.6.